The van der Waals surface area contributed by atoms with Crippen LogP contribution in [0.4, 0.5) is 11.6 Å². The summed E-state index contributed by atoms with van der Waals surface area (Å²) < 4.78 is 18.0. The number of anilines is 2. The molecule has 1 saturated carbocycles. The second kappa shape index (κ2) is 18.6. The Bertz CT molecular complexity index is 1740. The zero-order chi connectivity index (χ0) is 38.0. The number of rotatable bonds is 16. The minimum Gasteiger partial charge on any atom is -0.506 e. The van der Waals surface area contributed by atoms with Crippen LogP contribution in [0.25, 0.3) is 0 Å². The predicted molar refractivity (Wildman–Crippen MR) is 211 cm³/mol. The normalized spacial score (nSPS) is 18.6. The van der Waals surface area contributed by atoms with Crippen molar-refractivity contribution in [2.45, 2.75) is 82.9 Å². The van der Waals surface area contributed by atoms with E-state index in [1.807, 2.05) is 25.4 Å². The van der Waals surface area contributed by atoms with Gasteiger partial charge in [-0.2, -0.15) is 0 Å². The van der Waals surface area contributed by atoms with Crippen LogP contribution in [0.2, 0.25) is 0 Å². The number of hydrogen-bond acceptors (Lipinski definition) is 11. The van der Waals surface area contributed by atoms with Crippen molar-refractivity contribution in [3.8, 4) is 11.5 Å². The topological polar surface area (TPSA) is 142 Å². The molecule has 7 rings (SSSR count). The molecule has 1 spiro atoms. The monoisotopic (exact) mass is 755 g/mol. The van der Waals surface area contributed by atoms with Crippen molar-refractivity contribution in [1.82, 2.24) is 25.1 Å². The molecule has 0 unspecified atom stereocenters. The van der Waals surface area contributed by atoms with Gasteiger partial charge in [-0.15, -0.1) is 0 Å². The summed E-state index contributed by atoms with van der Waals surface area (Å²) in [6, 6.07) is 12.5. The average molecular weight is 756 g/mol. The highest BCUT2D eigenvalue weighted by Crippen LogP contribution is 2.39. The van der Waals surface area contributed by atoms with Crippen molar-refractivity contribution in [2.24, 2.45) is 0 Å². The summed E-state index contributed by atoms with van der Waals surface area (Å²) in [6.45, 7) is 10.3. The predicted octanol–water partition coefficient (Wildman–Crippen LogP) is 4.25. The number of likely N-dealkylation sites (tertiary alicyclic amines) is 1. The maximum Gasteiger partial charge on any atom is 0.262 e. The number of piperidine rings is 1. The number of aryl methyl sites for hydroxylation is 1. The first-order valence-electron chi connectivity index (χ1n) is 20.2. The molecule has 2 saturated heterocycles. The quantitative estimate of drug-likeness (QED) is 0.143. The van der Waals surface area contributed by atoms with E-state index in [9.17, 15) is 14.7 Å². The number of carbonyl (C=O) groups excluding carboxylic acids is 2. The van der Waals surface area contributed by atoms with E-state index in [2.05, 4.69) is 59.6 Å². The highest BCUT2D eigenvalue weighted by atomic mass is 16.5. The van der Waals surface area contributed by atoms with E-state index in [1.54, 1.807) is 6.07 Å². The van der Waals surface area contributed by atoms with E-state index in [-0.39, 0.29) is 29.8 Å². The Balaban J connectivity index is 0.803. The molecule has 13 heteroatoms. The molecule has 3 fully saturated rings. The molecule has 2 aromatic carbocycles. The number of aromatic nitrogens is 2. The fraction of sp³-hybridized carbons (Fsp3) is 0.571. The van der Waals surface area contributed by atoms with Crippen LogP contribution in [-0.4, -0.2) is 121 Å². The van der Waals surface area contributed by atoms with Crippen molar-refractivity contribution < 1.29 is 28.9 Å². The number of phenolic OH excluding ortho intramolecular Hbond substituents is 1. The molecule has 3 N–H and O–H groups in total. The third kappa shape index (κ3) is 10.3. The van der Waals surface area contributed by atoms with Crippen LogP contribution < -0.4 is 20.3 Å². The molecule has 1 aromatic heterocycles. The van der Waals surface area contributed by atoms with Gasteiger partial charge >= 0.3 is 0 Å². The lowest BCUT2D eigenvalue weighted by molar-refractivity contribution is -0.134. The highest BCUT2D eigenvalue weighted by Gasteiger charge is 2.40. The Morgan fingerprint density at radius 2 is 1.85 bits per heavy atom. The van der Waals surface area contributed by atoms with Gasteiger partial charge in [0.1, 0.15) is 11.4 Å². The molecule has 4 aliphatic rings. The van der Waals surface area contributed by atoms with Crippen molar-refractivity contribution in [3.05, 3.63) is 71.0 Å². The van der Waals surface area contributed by atoms with Gasteiger partial charge in [-0.3, -0.25) is 14.5 Å². The van der Waals surface area contributed by atoms with E-state index in [0.717, 1.165) is 94.7 Å². The molecule has 296 valence electrons. The van der Waals surface area contributed by atoms with Gasteiger partial charge < -0.3 is 39.8 Å². The summed E-state index contributed by atoms with van der Waals surface area (Å²) in [5.74, 6) is 1.21. The standard InChI is InChI=1S/C42H57N7O6/c1-31-26-44-41(45-27-31)48-21-24-55-42(30-48)14-18-47(19-15-42)28-33-6-4-5-32(25-33)12-22-53-23-13-38(52)49(35-7-2-3-8-35)20-17-43-16-11-34-9-10-36(50)39-40(34)54-29-37(51)46-39/h4-6,9-10,25-27,35,43,50H,2-3,7-8,11-24,28-30H2,1H3,(H,46,51). The number of nitrogens with zero attached hydrogens (tertiary/aromatic N) is 5. The Morgan fingerprint density at radius 1 is 1.05 bits per heavy atom. The van der Waals surface area contributed by atoms with E-state index >= 15 is 0 Å². The van der Waals surface area contributed by atoms with Crippen LogP contribution in [-0.2, 0) is 38.4 Å². The minimum atomic E-state index is -0.276. The van der Waals surface area contributed by atoms with E-state index < -0.39 is 0 Å². The average Bonchev–Trinajstić information content (AvgIpc) is 3.73. The summed E-state index contributed by atoms with van der Waals surface area (Å²) in [4.78, 5) is 41.1. The molecule has 1 aliphatic carbocycles. The summed E-state index contributed by atoms with van der Waals surface area (Å²) in [7, 11) is 0. The van der Waals surface area contributed by atoms with Crippen LogP contribution in [0, 0.1) is 6.92 Å². The summed E-state index contributed by atoms with van der Waals surface area (Å²) in [5, 5.41) is 16.3. The first-order valence-corrected chi connectivity index (χ1v) is 20.2. The number of aromatic hydroxyl groups is 1. The van der Waals surface area contributed by atoms with Gasteiger partial charge in [0.05, 0.1) is 38.4 Å². The second-order valence-electron chi connectivity index (χ2n) is 15.5. The van der Waals surface area contributed by atoms with Gasteiger partial charge in [0, 0.05) is 57.7 Å². The van der Waals surface area contributed by atoms with Crippen LogP contribution in [0.15, 0.2) is 48.8 Å². The van der Waals surface area contributed by atoms with E-state index in [1.165, 1.54) is 11.1 Å². The first kappa shape index (κ1) is 39.0. The van der Waals surface area contributed by atoms with Gasteiger partial charge in [0.2, 0.25) is 11.9 Å². The van der Waals surface area contributed by atoms with Gasteiger partial charge in [0.15, 0.2) is 12.4 Å². The number of nitrogens with one attached hydrogen (secondary N) is 2. The SMILES string of the molecule is Cc1cnc(N2CCOC3(CCN(Cc4cccc(CCOCCC(=O)N(CCNCCc5ccc(O)c6c5OCC(=O)N6)C5CCCC5)c4)CC3)C2)nc1. The Labute approximate surface area is 324 Å². The highest BCUT2D eigenvalue weighted by molar-refractivity contribution is 5.97. The molecular weight excluding hydrogens is 699 g/mol. The zero-order valence-electron chi connectivity index (χ0n) is 32.3. The first-order chi connectivity index (χ1) is 26.8. The lowest BCUT2D eigenvalue weighted by Crippen LogP contribution is -2.57. The summed E-state index contributed by atoms with van der Waals surface area (Å²) in [6.07, 6.45) is 12.1. The fourth-order valence-corrected chi connectivity index (χ4v) is 8.41. The molecule has 2 amide bonds. The molecular formula is C42H57N7O6. The number of hydrogen-bond donors (Lipinski definition) is 3. The molecule has 4 heterocycles. The number of fused-ring (bicyclic) bond motifs is 1. The molecule has 0 atom stereocenters. The number of benzene rings is 2. The van der Waals surface area contributed by atoms with Gasteiger partial charge in [-0.25, -0.2) is 9.97 Å². The van der Waals surface area contributed by atoms with Crippen LogP contribution in [0.1, 0.15) is 67.2 Å². The Morgan fingerprint density at radius 3 is 2.67 bits per heavy atom. The van der Waals surface area contributed by atoms with Crippen molar-refractivity contribution >= 4 is 23.5 Å². The summed E-state index contributed by atoms with van der Waals surface area (Å²) >= 11 is 0. The van der Waals surface area contributed by atoms with E-state index in [4.69, 9.17) is 14.2 Å². The van der Waals surface area contributed by atoms with Crippen molar-refractivity contribution in [2.75, 3.05) is 82.5 Å². The van der Waals surface area contributed by atoms with Crippen LogP contribution in [0.5, 0.6) is 11.5 Å². The number of amides is 2. The number of phenols is 1. The molecule has 3 aliphatic heterocycles. The third-order valence-corrected chi connectivity index (χ3v) is 11.5. The Kier molecular flexibility index (Phi) is 13.1. The van der Waals surface area contributed by atoms with Crippen LogP contribution in [0.3, 0.4) is 0 Å². The summed E-state index contributed by atoms with van der Waals surface area (Å²) in [5.41, 5.74) is 4.76. The molecule has 55 heavy (non-hydrogen) atoms. The molecule has 0 radical (unpaired) electrons. The smallest absolute Gasteiger partial charge is 0.262 e. The van der Waals surface area contributed by atoms with Gasteiger partial charge in [-0.1, -0.05) is 43.2 Å². The largest absolute Gasteiger partial charge is 0.506 e. The molecule has 13 nitrogen and oxygen atoms in total. The zero-order valence-corrected chi connectivity index (χ0v) is 32.3. The number of ether oxygens (including phenoxy) is 3. The van der Waals surface area contributed by atoms with Crippen molar-refractivity contribution in [1.29, 1.82) is 0 Å². The maximum atomic E-state index is 13.4. The minimum absolute atomic E-state index is 0.000412. The van der Waals surface area contributed by atoms with Gasteiger partial charge in [0.25, 0.3) is 5.91 Å². The fourth-order valence-electron chi connectivity index (χ4n) is 8.41. The lowest BCUT2D eigenvalue weighted by atomic mass is 9.89. The van der Waals surface area contributed by atoms with Crippen molar-refractivity contribution in [3.63, 3.8) is 0 Å². The third-order valence-electron chi connectivity index (χ3n) is 11.5. The van der Waals surface area contributed by atoms with Gasteiger partial charge in [-0.05, 0) is 80.3 Å². The lowest BCUT2D eigenvalue weighted by Gasteiger charge is -2.47. The Hall–Kier alpha value is -4.30. The maximum absolute atomic E-state index is 13.4. The van der Waals surface area contributed by atoms with Crippen LogP contribution >= 0.6 is 0 Å². The molecule has 0 bridgehead atoms. The number of carbonyl (C=O) groups is 2. The van der Waals surface area contributed by atoms with E-state index in [0.29, 0.717) is 69.8 Å². The number of morpholine rings is 1. The molecule has 3 aromatic rings. The second-order valence-corrected chi connectivity index (χ2v) is 15.5.